The van der Waals surface area contributed by atoms with Crippen LogP contribution in [0, 0.1) is 0 Å². The van der Waals surface area contributed by atoms with Crippen molar-refractivity contribution in [2.24, 2.45) is 0 Å². The first-order valence-corrected chi connectivity index (χ1v) is 9.71. The van der Waals surface area contributed by atoms with Crippen molar-refractivity contribution in [3.8, 4) is 0 Å². The van der Waals surface area contributed by atoms with Crippen molar-refractivity contribution in [3.05, 3.63) is 59.2 Å². The minimum Gasteiger partial charge on any atom is -0.337 e. The highest BCUT2D eigenvalue weighted by Crippen LogP contribution is 2.24. The van der Waals surface area contributed by atoms with E-state index < -0.39 is 0 Å². The van der Waals surface area contributed by atoms with Gasteiger partial charge in [-0.1, -0.05) is 18.2 Å². The van der Waals surface area contributed by atoms with Gasteiger partial charge in [-0.15, -0.1) is 0 Å². The van der Waals surface area contributed by atoms with Gasteiger partial charge in [-0.25, -0.2) is 0 Å². The maximum absolute atomic E-state index is 12.9. The van der Waals surface area contributed by atoms with Crippen LogP contribution in [0.1, 0.15) is 40.2 Å². The van der Waals surface area contributed by atoms with Gasteiger partial charge in [0.05, 0.1) is 11.7 Å². The van der Waals surface area contributed by atoms with Gasteiger partial charge in [0.15, 0.2) is 0 Å². The average molecular weight is 366 g/mol. The summed E-state index contributed by atoms with van der Waals surface area (Å²) in [5, 5.41) is 3.44. The maximum atomic E-state index is 12.9. The fourth-order valence-electron chi connectivity index (χ4n) is 3.55. The van der Waals surface area contributed by atoms with E-state index >= 15 is 0 Å². The van der Waals surface area contributed by atoms with Crippen LogP contribution in [0.2, 0.25) is 0 Å². The number of hydrogen-bond donors (Lipinski definition) is 1. The van der Waals surface area contributed by atoms with Crippen molar-refractivity contribution in [2.75, 3.05) is 20.1 Å². The van der Waals surface area contributed by atoms with Crippen molar-refractivity contribution in [1.29, 1.82) is 0 Å². The maximum Gasteiger partial charge on any atom is 0.253 e. The minimum absolute atomic E-state index is 0.0483. The molecule has 5 nitrogen and oxygen atoms in total. The third kappa shape index (κ3) is 3.61. The number of benzene rings is 2. The number of aromatic nitrogens is 2. The molecule has 26 heavy (non-hydrogen) atoms. The van der Waals surface area contributed by atoms with Crippen LogP contribution >= 0.6 is 11.7 Å². The van der Waals surface area contributed by atoms with E-state index in [9.17, 15) is 4.79 Å². The molecule has 0 saturated carbocycles. The first kappa shape index (κ1) is 17.1. The van der Waals surface area contributed by atoms with Crippen LogP contribution in [-0.2, 0) is 6.54 Å². The summed E-state index contributed by atoms with van der Waals surface area (Å²) in [6.07, 6.45) is 2.37. The lowest BCUT2D eigenvalue weighted by molar-refractivity contribution is 0.0785. The molecule has 2 aromatic carbocycles. The van der Waals surface area contributed by atoms with E-state index in [1.165, 1.54) is 30.1 Å². The highest BCUT2D eigenvalue weighted by atomic mass is 32.1. The summed E-state index contributed by atoms with van der Waals surface area (Å²) >= 11 is 1.21. The van der Waals surface area contributed by atoms with Crippen LogP contribution in [0.4, 0.5) is 0 Å². The highest BCUT2D eigenvalue weighted by molar-refractivity contribution is 7.00. The molecule has 0 radical (unpaired) electrons. The van der Waals surface area contributed by atoms with E-state index in [0.717, 1.165) is 35.2 Å². The lowest BCUT2D eigenvalue weighted by Crippen LogP contribution is -2.29. The van der Waals surface area contributed by atoms with E-state index in [0.29, 0.717) is 12.5 Å². The Morgan fingerprint density at radius 1 is 1.23 bits per heavy atom. The molecule has 134 valence electrons. The number of fused-ring (bicyclic) bond motifs is 1. The van der Waals surface area contributed by atoms with Gasteiger partial charge in [-0.05, 0) is 60.7 Å². The van der Waals surface area contributed by atoms with Crippen LogP contribution in [-0.4, -0.2) is 39.7 Å². The Kier molecular flexibility index (Phi) is 4.95. The summed E-state index contributed by atoms with van der Waals surface area (Å²) in [6.45, 7) is 2.65. The van der Waals surface area contributed by atoms with Crippen molar-refractivity contribution < 1.29 is 4.79 Å². The van der Waals surface area contributed by atoms with Crippen LogP contribution < -0.4 is 5.32 Å². The topological polar surface area (TPSA) is 58.1 Å². The van der Waals surface area contributed by atoms with Gasteiger partial charge in [-0.3, -0.25) is 4.79 Å². The van der Waals surface area contributed by atoms with E-state index in [1.807, 2.05) is 37.4 Å². The van der Waals surface area contributed by atoms with Crippen molar-refractivity contribution in [3.63, 3.8) is 0 Å². The number of carbonyl (C=O) groups is 1. The SMILES string of the molecule is CN(Cc1ccc2nsnc2c1)C(=O)c1cccc(C2CCCNC2)c1. The molecule has 4 rings (SSSR count). The lowest BCUT2D eigenvalue weighted by Gasteiger charge is -2.24. The zero-order chi connectivity index (χ0) is 17.9. The molecule has 1 fully saturated rings. The van der Waals surface area contributed by atoms with Crippen LogP contribution in [0.15, 0.2) is 42.5 Å². The number of nitrogens with one attached hydrogen (secondary N) is 1. The molecule has 3 aromatic rings. The van der Waals surface area contributed by atoms with E-state index in [2.05, 4.69) is 26.2 Å². The Morgan fingerprint density at radius 3 is 2.96 bits per heavy atom. The molecule has 1 saturated heterocycles. The summed E-state index contributed by atoms with van der Waals surface area (Å²) < 4.78 is 8.49. The van der Waals surface area contributed by atoms with Gasteiger partial charge in [0.2, 0.25) is 0 Å². The predicted molar refractivity (Wildman–Crippen MR) is 104 cm³/mol. The fourth-order valence-corrected chi connectivity index (χ4v) is 4.07. The van der Waals surface area contributed by atoms with Crippen LogP contribution in [0.3, 0.4) is 0 Å². The minimum atomic E-state index is 0.0483. The van der Waals surface area contributed by atoms with Gasteiger partial charge in [0.25, 0.3) is 5.91 Å². The number of hydrogen-bond acceptors (Lipinski definition) is 5. The largest absolute Gasteiger partial charge is 0.337 e. The van der Waals surface area contributed by atoms with Crippen LogP contribution in [0.25, 0.3) is 11.0 Å². The Balaban J connectivity index is 1.49. The second-order valence-corrected chi connectivity index (χ2v) is 7.45. The van der Waals surface area contributed by atoms with Gasteiger partial charge < -0.3 is 10.2 Å². The zero-order valence-corrected chi connectivity index (χ0v) is 15.6. The molecule has 1 amide bonds. The molecule has 1 unspecified atom stereocenters. The van der Waals surface area contributed by atoms with Crippen molar-refractivity contribution in [1.82, 2.24) is 19.0 Å². The third-order valence-corrected chi connectivity index (χ3v) is 5.54. The second kappa shape index (κ2) is 7.51. The molecule has 0 aliphatic carbocycles. The molecular weight excluding hydrogens is 344 g/mol. The quantitative estimate of drug-likeness (QED) is 0.769. The summed E-state index contributed by atoms with van der Waals surface area (Å²) in [6, 6.07) is 14.1. The third-order valence-electron chi connectivity index (χ3n) is 4.99. The summed E-state index contributed by atoms with van der Waals surface area (Å²) in [4.78, 5) is 14.6. The zero-order valence-electron chi connectivity index (χ0n) is 14.8. The smallest absolute Gasteiger partial charge is 0.253 e. The first-order valence-electron chi connectivity index (χ1n) is 8.98. The number of nitrogens with zero attached hydrogens (tertiary/aromatic N) is 3. The summed E-state index contributed by atoms with van der Waals surface area (Å²) in [7, 11) is 1.85. The Labute approximate surface area is 157 Å². The summed E-state index contributed by atoms with van der Waals surface area (Å²) in [5.41, 5.74) is 4.87. The standard InChI is InChI=1S/C20H22N4OS/c1-24(13-14-7-8-18-19(10-14)23-26-22-18)20(25)16-5-2-4-15(11-16)17-6-3-9-21-12-17/h2,4-5,7-8,10-11,17,21H,3,6,9,12-13H2,1H3. The number of piperidine rings is 1. The van der Waals surface area contributed by atoms with Gasteiger partial charge in [0.1, 0.15) is 11.0 Å². The molecule has 2 heterocycles. The monoisotopic (exact) mass is 366 g/mol. The molecule has 1 aliphatic heterocycles. The van der Waals surface area contributed by atoms with E-state index in [-0.39, 0.29) is 5.91 Å². The van der Waals surface area contributed by atoms with Gasteiger partial charge >= 0.3 is 0 Å². The number of rotatable bonds is 4. The average Bonchev–Trinajstić information content (AvgIpc) is 3.16. The molecule has 1 aromatic heterocycles. The lowest BCUT2D eigenvalue weighted by atomic mass is 9.90. The Bertz CT molecular complexity index is 917. The Hall–Kier alpha value is -2.31. The first-order chi connectivity index (χ1) is 12.7. The number of carbonyl (C=O) groups excluding carboxylic acids is 1. The number of amides is 1. The highest BCUT2D eigenvalue weighted by Gasteiger charge is 2.18. The van der Waals surface area contributed by atoms with E-state index in [1.54, 1.807) is 4.90 Å². The van der Waals surface area contributed by atoms with E-state index in [4.69, 9.17) is 0 Å². The van der Waals surface area contributed by atoms with Crippen molar-refractivity contribution in [2.45, 2.75) is 25.3 Å². The van der Waals surface area contributed by atoms with Crippen LogP contribution in [0.5, 0.6) is 0 Å². The molecular formula is C20H22N4OS. The second-order valence-electron chi connectivity index (χ2n) is 6.92. The fraction of sp³-hybridized carbons (Fsp3) is 0.350. The molecule has 0 bridgehead atoms. The molecule has 1 N–H and O–H groups in total. The Morgan fingerprint density at radius 2 is 2.12 bits per heavy atom. The summed E-state index contributed by atoms with van der Waals surface area (Å²) in [5.74, 6) is 0.550. The normalized spacial score (nSPS) is 17.3. The van der Waals surface area contributed by atoms with Crippen molar-refractivity contribution >= 4 is 28.7 Å². The molecule has 1 aliphatic rings. The molecule has 1 atom stereocenters. The predicted octanol–water partition coefficient (Wildman–Crippen LogP) is 3.43. The van der Waals surface area contributed by atoms with Gasteiger partial charge in [0, 0.05) is 25.7 Å². The van der Waals surface area contributed by atoms with Gasteiger partial charge in [-0.2, -0.15) is 8.75 Å². The molecule has 6 heteroatoms. The molecule has 0 spiro atoms.